The third-order valence-electron chi connectivity index (χ3n) is 4.58. The Morgan fingerprint density at radius 2 is 2.10 bits per heavy atom. The second-order valence-electron chi connectivity index (χ2n) is 5.80. The summed E-state index contributed by atoms with van der Waals surface area (Å²) in [6.07, 6.45) is 1.11. The van der Waals surface area contributed by atoms with E-state index in [0.717, 1.165) is 30.8 Å². The lowest BCUT2D eigenvalue weighted by Gasteiger charge is -2.45. The van der Waals surface area contributed by atoms with Gasteiger partial charge >= 0.3 is 0 Å². The number of rotatable bonds is 3. The summed E-state index contributed by atoms with van der Waals surface area (Å²) >= 11 is 3.26. The van der Waals surface area contributed by atoms with Gasteiger partial charge < -0.3 is 10.2 Å². The van der Waals surface area contributed by atoms with Crippen LogP contribution in [0.1, 0.15) is 32.8 Å². The predicted octanol–water partition coefficient (Wildman–Crippen LogP) is 4.11. The zero-order valence-corrected chi connectivity index (χ0v) is 14.3. The van der Waals surface area contributed by atoms with Gasteiger partial charge in [-0.3, -0.25) is 0 Å². The Hall–Kier alpha value is -0.610. The second-order valence-corrected chi connectivity index (χ2v) is 6.65. The number of hydrogen-bond donors (Lipinski definition) is 1. The van der Waals surface area contributed by atoms with E-state index in [0.29, 0.717) is 22.5 Å². The van der Waals surface area contributed by atoms with Crippen molar-refractivity contribution in [3.8, 4) is 0 Å². The first-order valence-electron chi connectivity index (χ1n) is 7.41. The highest BCUT2D eigenvalue weighted by Gasteiger charge is 2.32. The Kier molecular flexibility index (Phi) is 5.08. The molecule has 0 saturated carbocycles. The van der Waals surface area contributed by atoms with E-state index in [1.54, 1.807) is 6.07 Å². The lowest BCUT2D eigenvalue weighted by Crippen LogP contribution is -2.53. The number of nitrogens with zero attached hydrogens (tertiary/aromatic N) is 1. The molecule has 4 heteroatoms. The summed E-state index contributed by atoms with van der Waals surface area (Å²) in [5.41, 5.74) is 2.15. The summed E-state index contributed by atoms with van der Waals surface area (Å²) in [7, 11) is 0. The highest BCUT2D eigenvalue weighted by Crippen LogP contribution is 2.33. The smallest absolute Gasteiger partial charge is 0.139 e. The van der Waals surface area contributed by atoms with Gasteiger partial charge in [-0.25, -0.2) is 4.39 Å². The van der Waals surface area contributed by atoms with Gasteiger partial charge in [0.25, 0.3) is 0 Å². The van der Waals surface area contributed by atoms with E-state index in [2.05, 4.69) is 46.9 Å². The van der Waals surface area contributed by atoms with Crippen LogP contribution >= 0.6 is 15.9 Å². The van der Waals surface area contributed by atoms with Crippen molar-refractivity contribution < 1.29 is 4.39 Å². The first-order chi connectivity index (χ1) is 9.45. The highest BCUT2D eigenvalue weighted by atomic mass is 79.9. The Labute approximate surface area is 129 Å². The normalized spacial score (nSPS) is 26.9. The summed E-state index contributed by atoms with van der Waals surface area (Å²) < 4.78 is 14.4. The molecule has 0 aliphatic carbocycles. The van der Waals surface area contributed by atoms with E-state index in [4.69, 9.17) is 0 Å². The third-order valence-corrected chi connectivity index (χ3v) is 5.19. The van der Waals surface area contributed by atoms with Crippen LogP contribution < -0.4 is 10.2 Å². The molecule has 2 nitrogen and oxygen atoms in total. The molecule has 3 atom stereocenters. The summed E-state index contributed by atoms with van der Waals surface area (Å²) in [5.74, 6) is 0.370. The molecule has 1 aromatic carbocycles. The number of piperidine rings is 1. The quantitative estimate of drug-likeness (QED) is 0.889. The number of nitrogens with one attached hydrogen (secondary N) is 1. The lowest BCUT2D eigenvalue weighted by molar-refractivity contribution is 0.274. The van der Waals surface area contributed by atoms with Crippen molar-refractivity contribution in [3.05, 3.63) is 28.0 Å². The van der Waals surface area contributed by atoms with Crippen LogP contribution in [0.2, 0.25) is 0 Å². The monoisotopic (exact) mass is 342 g/mol. The van der Waals surface area contributed by atoms with Crippen molar-refractivity contribution in [2.75, 3.05) is 18.0 Å². The van der Waals surface area contributed by atoms with Crippen LogP contribution in [0.4, 0.5) is 10.1 Å². The molecule has 2 rings (SSSR count). The van der Waals surface area contributed by atoms with E-state index >= 15 is 0 Å². The molecule has 20 heavy (non-hydrogen) atoms. The molecular formula is C16H24BrFN2. The summed E-state index contributed by atoms with van der Waals surface area (Å²) in [6.45, 7) is 10.7. The highest BCUT2D eigenvalue weighted by molar-refractivity contribution is 9.10. The van der Waals surface area contributed by atoms with E-state index in [-0.39, 0.29) is 5.82 Å². The molecule has 0 radical (unpaired) electrons. The van der Waals surface area contributed by atoms with Crippen LogP contribution in [0.25, 0.3) is 0 Å². The fourth-order valence-electron chi connectivity index (χ4n) is 3.20. The number of benzene rings is 1. The summed E-state index contributed by atoms with van der Waals surface area (Å²) in [4.78, 5) is 2.35. The van der Waals surface area contributed by atoms with Crippen molar-refractivity contribution in [2.24, 2.45) is 5.92 Å². The first-order valence-corrected chi connectivity index (χ1v) is 8.20. The average molecular weight is 343 g/mol. The fourth-order valence-corrected chi connectivity index (χ4v) is 3.66. The van der Waals surface area contributed by atoms with Crippen LogP contribution in [0.15, 0.2) is 16.6 Å². The maximum atomic E-state index is 13.8. The molecule has 1 N–H and O–H groups in total. The molecule has 0 spiro atoms. The van der Waals surface area contributed by atoms with Gasteiger partial charge in [0.1, 0.15) is 5.82 Å². The molecule has 1 saturated heterocycles. The molecule has 0 aromatic heterocycles. The lowest BCUT2D eigenvalue weighted by atomic mass is 9.86. The molecule has 1 aliphatic rings. The molecule has 0 bridgehead atoms. The summed E-state index contributed by atoms with van der Waals surface area (Å²) in [6, 6.07) is 4.51. The van der Waals surface area contributed by atoms with Crippen molar-refractivity contribution in [1.82, 2.24) is 5.32 Å². The van der Waals surface area contributed by atoms with Gasteiger partial charge in [0.05, 0.1) is 4.47 Å². The van der Waals surface area contributed by atoms with E-state index in [9.17, 15) is 4.39 Å². The Morgan fingerprint density at radius 1 is 1.40 bits per heavy atom. The van der Waals surface area contributed by atoms with Crippen LogP contribution in [-0.2, 0) is 0 Å². The number of halogens is 2. The Morgan fingerprint density at radius 3 is 2.75 bits per heavy atom. The largest absolute Gasteiger partial charge is 0.368 e. The van der Waals surface area contributed by atoms with Crippen LogP contribution in [-0.4, -0.2) is 25.2 Å². The van der Waals surface area contributed by atoms with Gasteiger partial charge in [-0.2, -0.15) is 0 Å². The number of anilines is 1. The first kappa shape index (κ1) is 15.8. The minimum Gasteiger partial charge on any atom is -0.368 e. The Bertz CT molecular complexity index is 478. The zero-order chi connectivity index (χ0) is 14.9. The summed E-state index contributed by atoms with van der Waals surface area (Å²) in [5, 5.41) is 3.56. The van der Waals surface area contributed by atoms with Gasteiger partial charge in [0, 0.05) is 24.3 Å². The SMILES string of the molecule is CCNC1CCN(c2cc(F)c(Br)cc2C)C(C)C1C. The van der Waals surface area contributed by atoms with Crippen molar-refractivity contribution in [2.45, 2.75) is 46.2 Å². The third kappa shape index (κ3) is 3.01. The molecule has 3 unspecified atom stereocenters. The molecule has 1 aromatic rings. The van der Waals surface area contributed by atoms with Crippen molar-refractivity contribution >= 4 is 21.6 Å². The fraction of sp³-hybridized carbons (Fsp3) is 0.625. The minimum atomic E-state index is -0.181. The maximum absolute atomic E-state index is 13.8. The predicted molar refractivity (Wildman–Crippen MR) is 86.9 cm³/mol. The van der Waals surface area contributed by atoms with E-state index in [1.807, 2.05) is 13.0 Å². The van der Waals surface area contributed by atoms with Gasteiger partial charge in [-0.15, -0.1) is 0 Å². The van der Waals surface area contributed by atoms with Gasteiger partial charge in [0.2, 0.25) is 0 Å². The molecular weight excluding hydrogens is 319 g/mol. The second kappa shape index (κ2) is 6.44. The van der Waals surface area contributed by atoms with E-state index < -0.39 is 0 Å². The zero-order valence-electron chi connectivity index (χ0n) is 12.7. The topological polar surface area (TPSA) is 15.3 Å². The van der Waals surface area contributed by atoms with Crippen LogP contribution in [0.3, 0.4) is 0 Å². The van der Waals surface area contributed by atoms with Gasteiger partial charge in [0.15, 0.2) is 0 Å². The van der Waals surface area contributed by atoms with Crippen molar-refractivity contribution in [1.29, 1.82) is 0 Å². The number of aryl methyl sites for hydroxylation is 1. The molecule has 0 amide bonds. The minimum absolute atomic E-state index is 0.181. The Balaban J connectivity index is 2.24. The number of hydrogen-bond acceptors (Lipinski definition) is 2. The van der Waals surface area contributed by atoms with Crippen molar-refractivity contribution in [3.63, 3.8) is 0 Å². The van der Waals surface area contributed by atoms with Crippen LogP contribution in [0.5, 0.6) is 0 Å². The van der Waals surface area contributed by atoms with Gasteiger partial charge in [-0.05, 0) is 66.4 Å². The van der Waals surface area contributed by atoms with Crippen LogP contribution in [0, 0.1) is 18.7 Å². The standard InChI is InChI=1S/C16H24BrFN2/c1-5-19-15-6-7-20(12(4)11(15)3)16-9-14(18)13(17)8-10(16)2/h8-9,11-12,15,19H,5-7H2,1-4H3. The van der Waals surface area contributed by atoms with Gasteiger partial charge in [-0.1, -0.05) is 13.8 Å². The molecule has 1 fully saturated rings. The maximum Gasteiger partial charge on any atom is 0.139 e. The van der Waals surface area contributed by atoms with E-state index in [1.165, 1.54) is 0 Å². The molecule has 1 heterocycles. The average Bonchev–Trinajstić information content (AvgIpc) is 2.40. The molecule has 112 valence electrons. The molecule has 1 aliphatic heterocycles.